The summed E-state index contributed by atoms with van der Waals surface area (Å²) in [4.78, 5) is 16.1. The molecule has 1 amide bonds. The lowest BCUT2D eigenvalue weighted by molar-refractivity contribution is -0.116. The van der Waals surface area contributed by atoms with Crippen LogP contribution in [0.5, 0.6) is 0 Å². The molecular weight excluding hydrogens is 352 g/mol. The lowest BCUT2D eigenvalue weighted by atomic mass is 10.2. The summed E-state index contributed by atoms with van der Waals surface area (Å²) in [5, 5.41) is 2.42. The summed E-state index contributed by atoms with van der Waals surface area (Å²) < 4.78 is 52.1. The Kier molecular flexibility index (Phi) is 4.49. The van der Waals surface area contributed by atoms with Crippen LogP contribution in [0.4, 0.5) is 14.5 Å². The minimum absolute atomic E-state index is 0.0295. The zero-order valence-corrected chi connectivity index (χ0v) is 13.6. The lowest BCUT2D eigenvalue weighted by Crippen LogP contribution is -2.23. The number of carbonyl (C=O) groups excluding carboxylic acids is 1. The second-order valence-corrected chi connectivity index (χ2v) is 6.91. The van der Waals surface area contributed by atoms with Gasteiger partial charge in [0.05, 0.1) is 11.4 Å². The Labute approximate surface area is 142 Å². The van der Waals surface area contributed by atoms with Gasteiger partial charge in [-0.3, -0.25) is 14.5 Å². The van der Waals surface area contributed by atoms with Crippen molar-refractivity contribution in [2.24, 2.45) is 4.99 Å². The molecule has 2 aromatic carbocycles. The number of nitrogens with one attached hydrogen (secondary N) is 2. The molecule has 9 heteroatoms. The minimum atomic E-state index is -3.62. The molecule has 130 valence electrons. The number of carbonyl (C=O) groups is 1. The van der Waals surface area contributed by atoms with Crippen LogP contribution < -0.4 is 10.0 Å². The molecule has 0 saturated heterocycles. The van der Waals surface area contributed by atoms with Gasteiger partial charge in [0, 0.05) is 23.7 Å². The van der Waals surface area contributed by atoms with Crippen LogP contribution in [0, 0.1) is 11.6 Å². The molecule has 2 N–H and O–H groups in total. The van der Waals surface area contributed by atoms with E-state index in [2.05, 4.69) is 15.0 Å². The van der Waals surface area contributed by atoms with Crippen LogP contribution in [-0.4, -0.2) is 26.7 Å². The van der Waals surface area contributed by atoms with E-state index in [0.29, 0.717) is 5.56 Å². The number of hydrogen-bond acceptors (Lipinski definition) is 4. The van der Waals surface area contributed by atoms with Crippen LogP contribution in [-0.2, 0) is 14.8 Å². The number of fused-ring (bicyclic) bond motifs is 1. The van der Waals surface area contributed by atoms with Gasteiger partial charge in [0.1, 0.15) is 5.84 Å². The van der Waals surface area contributed by atoms with Crippen LogP contribution in [0.1, 0.15) is 12.0 Å². The molecule has 2 aromatic rings. The number of halogens is 2. The van der Waals surface area contributed by atoms with Crippen LogP contribution in [0.2, 0.25) is 0 Å². The fraction of sp³-hybridized carbons (Fsp3) is 0.125. The van der Waals surface area contributed by atoms with E-state index in [1.54, 1.807) is 18.2 Å². The third kappa shape index (κ3) is 3.66. The first kappa shape index (κ1) is 17.0. The van der Waals surface area contributed by atoms with Crippen molar-refractivity contribution in [1.82, 2.24) is 4.72 Å². The molecule has 0 atom stereocenters. The number of rotatable bonds is 4. The Balaban J connectivity index is 1.64. The maximum Gasteiger partial charge on any atom is 0.263 e. The zero-order chi connectivity index (χ0) is 18.0. The summed E-state index contributed by atoms with van der Waals surface area (Å²) in [5.74, 6) is -2.34. The van der Waals surface area contributed by atoms with E-state index in [1.165, 1.54) is 12.1 Å². The monoisotopic (exact) mass is 365 g/mol. The van der Waals surface area contributed by atoms with Gasteiger partial charge in [0.25, 0.3) is 10.0 Å². The molecular formula is C16H13F2N3O3S. The first-order valence-corrected chi connectivity index (χ1v) is 8.77. The molecule has 0 unspecified atom stereocenters. The fourth-order valence-electron chi connectivity index (χ4n) is 2.32. The van der Waals surface area contributed by atoms with Crippen molar-refractivity contribution in [3.05, 3.63) is 59.7 Å². The maximum atomic E-state index is 13.1. The van der Waals surface area contributed by atoms with Crippen LogP contribution >= 0.6 is 0 Å². The lowest BCUT2D eigenvalue weighted by Gasteiger charge is -2.05. The van der Waals surface area contributed by atoms with E-state index >= 15 is 0 Å². The number of nitrogens with zero attached hydrogens (tertiary/aromatic N) is 1. The van der Waals surface area contributed by atoms with Gasteiger partial charge >= 0.3 is 0 Å². The van der Waals surface area contributed by atoms with Gasteiger partial charge in [0.2, 0.25) is 5.91 Å². The molecule has 1 heterocycles. The SMILES string of the molecule is O=C(CCN=C1NS(=O)(=O)c2ccccc21)Nc1ccc(F)c(F)c1. The standard InChI is InChI=1S/C16H13F2N3O3S/c17-12-6-5-10(9-13(12)18)20-15(22)7-8-19-16-11-3-1-2-4-14(11)25(23,24)21-16/h1-6,9H,7-8H2,(H,19,21)(H,20,22). The topological polar surface area (TPSA) is 87.6 Å². The van der Waals surface area contributed by atoms with Crippen molar-refractivity contribution in [2.45, 2.75) is 11.3 Å². The highest BCUT2D eigenvalue weighted by Gasteiger charge is 2.29. The molecule has 0 spiro atoms. The van der Waals surface area contributed by atoms with Gasteiger partial charge in [-0.15, -0.1) is 0 Å². The number of amides is 1. The number of aliphatic imine (C=N–C) groups is 1. The number of benzene rings is 2. The quantitative estimate of drug-likeness (QED) is 0.869. The van der Waals surface area contributed by atoms with Crippen molar-refractivity contribution < 1.29 is 22.0 Å². The summed E-state index contributed by atoms with van der Waals surface area (Å²) >= 11 is 0. The summed E-state index contributed by atoms with van der Waals surface area (Å²) in [7, 11) is -3.62. The molecule has 6 nitrogen and oxygen atoms in total. The van der Waals surface area contributed by atoms with Crippen molar-refractivity contribution in [2.75, 3.05) is 11.9 Å². The Bertz CT molecular complexity index is 974. The highest BCUT2D eigenvalue weighted by atomic mass is 32.2. The molecule has 1 aliphatic heterocycles. The summed E-state index contributed by atoms with van der Waals surface area (Å²) in [5.41, 5.74) is 0.576. The number of sulfonamides is 1. The fourth-order valence-corrected chi connectivity index (χ4v) is 3.57. The molecule has 25 heavy (non-hydrogen) atoms. The maximum absolute atomic E-state index is 13.1. The predicted octanol–water partition coefficient (Wildman–Crippen LogP) is 2.03. The van der Waals surface area contributed by atoms with Crippen molar-refractivity contribution in [1.29, 1.82) is 0 Å². The molecule has 0 aliphatic carbocycles. The second-order valence-electron chi connectivity index (χ2n) is 5.26. The third-order valence-electron chi connectivity index (χ3n) is 3.47. The van der Waals surface area contributed by atoms with Crippen LogP contribution in [0.15, 0.2) is 52.4 Å². The minimum Gasteiger partial charge on any atom is -0.326 e. The molecule has 0 bridgehead atoms. The average Bonchev–Trinajstić information content (AvgIpc) is 2.82. The zero-order valence-electron chi connectivity index (χ0n) is 12.8. The predicted molar refractivity (Wildman–Crippen MR) is 87.8 cm³/mol. The Morgan fingerprint density at radius 2 is 1.88 bits per heavy atom. The summed E-state index contributed by atoms with van der Waals surface area (Å²) in [6.45, 7) is 0.0295. The normalized spacial score (nSPS) is 16.3. The molecule has 0 radical (unpaired) electrons. The number of amidine groups is 1. The van der Waals surface area contributed by atoms with Crippen LogP contribution in [0.25, 0.3) is 0 Å². The first-order valence-electron chi connectivity index (χ1n) is 7.28. The molecule has 0 saturated carbocycles. The van der Waals surface area contributed by atoms with E-state index in [0.717, 1.165) is 12.1 Å². The Morgan fingerprint density at radius 3 is 2.64 bits per heavy atom. The van der Waals surface area contributed by atoms with Gasteiger partial charge in [-0.2, -0.15) is 0 Å². The van der Waals surface area contributed by atoms with Crippen molar-refractivity contribution in [3.63, 3.8) is 0 Å². The van der Waals surface area contributed by atoms with Gasteiger partial charge in [-0.1, -0.05) is 12.1 Å². The highest BCUT2D eigenvalue weighted by Crippen LogP contribution is 2.22. The third-order valence-corrected chi connectivity index (χ3v) is 4.87. The summed E-state index contributed by atoms with van der Waals surface area (Å²) in [6, 6.07) is 9.41. The van der Waals surface area contributed by atoms with E-state index in [9.17, 15) is 22.0 Å². The smallest absolute Gasteiger partial charge is 0.263 e. The molecule has 0 aromatic heterocycles. The van der Waals surface area contributed by atoms with E-state index in [4.69, 9.17) is 0 Å². The number of anilines is 1. The highest BCUT2D eigenvalue weighted by molar-refractivity contribution is 7.90. The van der Waals surface area contributed by atoms with E-state index in [1.807, 2.05) is 0 Å². The van der Waals surface area contributed by atoms with Gasteiger partial charge in [-0.05, 0) is 24.3 Å². The van der Waals surface area contributed by atoms with Gasteiger partial charge < -0.3 is 5.32 Å². The van der Waals surface area contributed by atoms with Gasteiger partial charge in [-0.25, -0.2) is 17.2 Å². The average molecular weight is 365 g/mol. The number of hydrogen-bond donors (Lipinski definition) is 2. The Hall–Kier alpha value is -2.81. The van der Waals surface area contributed by atoms with E-state index in [-0.39, 0.29) is 29.4 Å². The van der Waals surface area contributed by atoms with E-state index < -0.39 is 27.6 Å². The molecule has 0 fully saturated rings. The summed E-state index contributed by atoms with van der Waals surface area (Å²) in [6.07, 6.45) is -0.0492. The molecule has 3 rings (SSSR count). The van der Waals surface area contributed by atoms with Crippen molar-refractivity contribution >= 4 is 27.5 Å². The second kappa shape index (κ2) is 6.60. The first-order chi connectivity index (χ1) is 11.9. The molecule has 1 aliphatic rings. The largest absolute Gasteiger partial charge is 0.326 e. The van der Waals surface area contributed by atoms with Crippen LogP contribution in [0.3, 0.4) is 0 Å². The van der Waals surface area contributed by atoms with Gasteiger partial charge in [0.15, 0.2) is 11.6 Å². The van der Waals surface area contributed by atoms with Crippen molar-refractivity contribution in [3.8, 4) is 0 Å². The Morgan fingerprint density at radius 1 is 1.12 bits per heavy atom.